The Balaban J connectivity index is 1.59. The van der Waals surface area contributed by atoms with Gasteiger partial charge in [-0.25, -0.2) is 8.42 Å². The molecule has 0 aromatic heterocycles. The Hall–Kier alpha value is -1.60. The number of carbonyl (C=O) groups excluding carboxylic acids is 1. The molecule has 2 fully saturated rings. The van der Waals surface area contributed by atoms with Gasteiger partial charge in [0.05, 0.1) is 11.5 Å². The number of benzene rings is 1. The molecule has 1 amide bonds. The first-order valence-electron chi connectivity index (χ1n) is 9.93. The third-order valence-corrected chi connectivity index (χ3v) is 7.71. The van der Waals surface area contributed by atoms with Crippen molar-refractivity contribution < 1.29 is 17.9 Å². The van der Waals surface area contributed by atoms with Crippen LogP contribution in [0.2, 0.25) is 0 Å². The Morgan fingerprint density at radius 1 is 1.11 bits per heavy atom. The van der Waals surface area contributed by atoms with E-state index in [2.05, 4.69) is 0 Å². The first kappa shape index (κ1) is 20.1. The summed E-state index contributed by atoms with van der Waals surface area (Å²) in [4.78, 5) is 14.9. The predicted octanol–water partition coefficient (Wildman–Crippen LogP) is 2.89. The first-order chi connectivity index (χ1) is 12.9. The van der Waals surface area contributed by atoms with Crippen LogP contribution in [-0.2, 0) is 14.8 Å². The molecule has 1 aliphatic carbocycles. The molecular weight excluding hydrogens is 364 g/mol. The molecule has 150 valence electrons. The van der Waals surface area contributed by atoms with Gasteiger partial charge in [-0.2, -0.15) is 4.31 Å². The molecule has 0 unspecified atom stereocenters. The predicted molar refractivity (Wildman–Crippen MR) is 104 cm³/mol. The fraction of sp³-hybridized carbons (Fsp3) is 0.650. The summed E-state index contributed by atoms with van der Waals surface area (Å²) in [5.74, 6) is 0.776. The highest BCUT2D eigenvalue weighted by molar-refractivity contribution is 7.89. The summed E-state index contributed by atoms with van der Waals surface area (Å²) in [7, 11) is -1.62. The van der Waals surface area contributed by atoms with Crippen molar-refractivity contribution in [2.45, 2.75) is 56.4 Å². The molecule has 1 saturated heterocycles. The molecule has 27 heavy (non-hydrogen) atoms. The molecule has 7 heteroatoms. The summed E-state index contributed by atoms with van der Waals surface area (Å²) in [6.07, 6.45) is 5.75. The molecule has 1 heterocycles. The van der Waals surface area contributed by atoms with Gasteiger partial charge in [0.2, 0.25) is 15.9 Å². The number of ether oxygens (including phenoxy) is 1. The zero-order chi connectivity index (χ0) is 19.4. The summed E-state index contributed by atoms with van der Waals surface area (Å²) >= 11 is 0. The third-order valence-electron chi connectivity index (χ3n) is 5.80. The van der Waals surface area contributed by atoms with Crippen molar-refractivity contribution in [3.63, 3.8) is 0 Å². The Bertz CT molecular complexity index is 734. The van der Waals surface area contributed by atoms with Crippen molar-refractivity contribution in [2.24, 2.45) is 5.92 Å². The van der Waals surface area contributed by atoms with Gasteiger partial charge in [0.15, 0.2) is 0 Å². The standard InChI is InChI=1S/C20H30N2O4S/c1-3-26-18-8-10-19(11-9-18)27(24,25)22-14-12-16(13-15-22)20(23)21(2)17-6-4-5-7-17/h8-11,16-17H,3-7,12-15H2,1-2H3. The molecule has 0 spiro atoms. The van der Waals surface area contributed by atoms with Crippen LogP contribution in [-0.4, -0.2) is 56.3 Å². The second-order valence-corrected chi connectivity index (χ2v) is 9.41. The van der Waals surface area contributed by atoms with Crippen molar-refractivity contribution in [2.75, 3.05) is 26.7 Å². The van der Waals surface area contributed by atoms with Gasteiger partial charge >= 0.3 is 0 Å². The van der Waals surface area contributed by atoms with E-state index in [1.165, 1.54) is 17.1 Å². The van der Waals surface area contributed by atoms with Crippen molar-refractivity contribution >= 4 is 15.9 Å². The minimum Gasteiger partial charge on any atom is -0.494 e. The lowest BCUT2D eigenvalue weighted by Crippen LogP contribution is -2.45. The molecule has 6 nitrogen and oxygen atoms in total. The summed E-state index contributed by atoms with van der Waals surface area (Å²) < 4.78 is 32.6. The maximum Gasteiger partial charge on any atom is 0.243 e. The van der Waals surface area contributed by atoms with Crippen LogP contribution in [0.3, 0.4) is 0 Å². The van der Waals surface area contributed by atoms with Crippen LogP contribution in [0.4, 0.5) is 0 Å². The normalized spacial score (nSPS) is 19.9. The van der Waals surface area contributed by atoms with Gasteiger partial charge in [-0.05, 0) is 56.9 Å². The Labute approximate surface area is 162 Å². The fourth-order valence-electron chi connectivity index (χ4n) is 4.13. The van der Waals surface area contributed by atoms with Crippen molar-refractivity contribution in [1.29, 1.82) is 0 Å². The van der Waals surface area contributed by atoms with Crippen LogP contribution < -0.4 is 4.74 Å². The van der Waals surface area contributed by atoms with Crippen molar-refractivity contribution in [3.8, 4) is 5.75 Å². The van der Waals surface area contributed by atoms with Crippen LogP contribution in [0.5, 0.6) is 5.75 Å². The second kappa shape index (κ2) is 8.61. The smallest absolute Gasteiger partial charge is 0.243 e. The van der Waals surface area contributed by atoms with Gasteiger partial charge in [-0.15, -0.1) is 0 Å². The third kappa shape index (κ3) is 4.46. The highest BCUT2D eigenvalue weighted by atomic mass is 32.2. The first-order valence-corrected chi connectivity index (χ1v) is 11.4. The van der Waals surface area contributed by atoms with E-state index in [1.54, 1.807) is 24.3 Å². The number of carbonyl (C=O) groups is 1. The van der Waals surface area contributed by atoms with Gasteiger partial charge in [0.25, 0.3) is 0 Å². The molecule has 3 rings (SSSR count). The number of sulfonamides is 1. The molecule has 1 saturated carbocycles. The SMILES string of the molecule is CCOc1ccc(S(=O)(=O)N2CCC(C(=O)N(C)C3CCCC3)CC2)cc1. The highest BCUT2D eigenvalue weighted by Crippen LogP contribution is 2.29. The van der Waals surface area contributed by atoms with Crippen LogP contribution in [0.1, 0.15) is 45.4 Å². The average Bonchev–Trinajstić information content (AvgIpc) is 3.22. The summed E-state index contributed by atoms with van der Waals surface area (Å²) in [5.41, 5.74) is 0. The maximum absolute atomic E-state index is 12.9. The number of nitrogens with zero attached hydrogens (tertiary/aromatic N) is 2. The van der Waals surface area contributed by atoms with Gasteiger partial charge < -0.3 is 9.64 Å². The van der Waals surface area contributed by atoms with Gasteiger partial charge in [0, 0.05) is 32.1 Å². The van der Waals surface area contributed by atoms with Crippen molar-refractivity contribution in [3.05, 3.63) is 24.3 Å². The number of piperidine rings is 1. The topological polar surface area (TPSA) is 66.9 Å². The summed E-state index contributed by atoms with van der Waals surface area (Å²) in [6.45, 7) is 3.22. The molecule has 0 radical (unpaired) electrons. The molecule has 0 bridgehead atoms. The molecule has 1 aliphatic heterocycles. The number of hydrogen-bond donors (Lipinski definition) is 0. The Morgan fingerprint density at radius 3 is 2.26 bits per heavy atom. The molecule has 0 atom stereocenters. The second-order valence-electron chi connectivity index (χ2n) is 7.47. The van der Waals surface area contributed by atoms with E-state index in [9.17, 15) is 13.2 Å². The maximum atomic E-state index is 12.9. The zero-order valence-electron chi connectivity index (χ0n) is 16.3. The van der Waals surface area contributed by atoms with Gasteiger partial charge in [0.1, 0.15) is 5.75 Å². The van der Waals surface area contributed by atoms with E-state index in [4.69, 9.17) is 4.74 Å². The fourth-order valence-corrected chi connectivity index (χ4v) is 5.60. The molecule has 2 aliphatic rings. The Kier molecular flexibility index (Phi) is 6.42. The minimum atomic E-state index is -3.53. The molecule has 0 N–H and O–H groups in total. The van der Waals surface area contributed by atoms with Crippen LogP contribution in [0, 0.1) is 5.92 Å². The number of rotatable bonds is 6. The number of hydrogen-bond acceptors (Lipinski definition) is 4. The monoisotopic (exact) mass is 394 g/mol. The molecule has 1 aromatic carbocycles. The van der Waals surface area contributed by atoms with E-state index in [0.717, 1.165) is 12.8 Å². The van der Waals surface area contributed by atoms with E-state index >= 15 is 0 Å². The highest BCUT2D eigenvalue weighted by Gasteiger charge is 2.35. The van der Waals surface area contributed by atoms with E-state index in [-0.39, 0.29) is 16.7 Å². The summed E-state index contributed by atoms with van der Waals surface area (Å²) in [5, 5.41) is 0. The van der Waals surface area contributed by atoms with Crippen LogP contribution >= 0.6 is 0 Å². The average molecular weight is 395 g/mol. The quantitative estimate of drug-likeness (QED) is 0.744. The van der Waals surface area contributed by atoms with E-state index in [0.29, 0.717) is 44.3 Å². The van der Waals surface area contributed by atoms with Crippen LogP contribution in [0.15, 0.2) is 29.2 Å². The minimum absolute atomic E-state index is 0.0672. The van der Waals surface area contributed by atoms with E-state index in [1.807, 2.05) is 18.9 Å². The lowest BCUT2D eigenvalue weighted by Gasteiger charge is -2.34. The summed E-state index contributed by atoms with van der Waals surface area (Å²) in [6, 6.07) is 6.91. The van der Waals surface area contributed by atoms with Crippen LogP contribution in [0.25, 0.3) is 0 Å². The molecular formula is C20H30N2O4S. The largest absolute Gasteiger partial charge is 0.494 e. The lowest BCUT2D eigenvalue weighted by atomic mass is 9.96. The number of amides is 1. The van der Waals surface area contributed by atoms with Gasteiger partial charge in [-0.1, -0.05) is 12.8 Å². The Morgan fingerprint density at radius 2 is 1.70 bits per heavy atom. The van der Waals surface area contributed by atoms with E-state index < -0.39 is 10.0 Å². The zero-order valence-corrected chi connectivity index (χ0v) is 17.1. The van der Waals surface area contributed by atoms with Gasteiger partial charge in [-0.3, -0.25) is 4.79 Å². The lowest BCUT2D eigenvalue weighted by molar-refractivity contribution is -0.137. The molecule has 1 aromatic rings. The van der Waals surface area contributed by atoms with Crippen molar-refractivity contribution in [1.82, 2.24) is 9.21 Å².